The summed E-state index contributed by atoms with van der Waals surface area (Å²) in [6, 6.07) is 0. The molecule has 0 unspecified atom stereocenters. The third-order valence-electron chi connectivity index (χ3n) is 1.53. The third kappa shape index (κ3) is 5.02. The largest absolute Gasteiger partial charge is 0.462 e. The van der Waals surface area contributed by atoms with Gasteiger partial charge in [0.2, 0.25) is 0 Å². The van der Waals surface area contributed by atoms with Crippen molar-refractivity contribution < 1.29 is 14.3 Å². The second kappa shape index (κ2) is 7.09. The summed E-state index contributed by atoms with van der Waals surface area (Å²) < 4.78 is 4.83. The predicted molar refractivity (Wildman–Crippen MR) is 68.1 cm³/mol. The second-order valence-electron chi connectivity index (χ2n) is 2.83. The highest BCUT2D eigenvalue weighted by Gasteiger charge is 2.09. The van der Waals surface area contributed by atoms with Crippen LogP contribution in [-0.2, 0) is 9.53 Å². The number of nitrogens with zero attached hydrogens (tertiary/aromatic N) is 1. The first-order valence-electron chi connectivity index (χ1n) is 4.88. The van der Waals surface area contributed by atoms with E-state index >= 15 is 0 Å². The third-order valence-corrected chi connectivity index (χ3v) is 3.11. The summed E-state index contributed by atoms with van der Waals surface area (Å²) in [6.07, 6.45) is 1.45. The van der Waals surface area contributed by atoms with Gasteiger partial charge in [-0.05, 0) is 12.8 Å². The zero-order valence-corrected chi connectivity index (χ0v) is 11.1. The lowest BCUT2D eigenvalue weighted by Crippen LogP contribution is -2.01. The molecule has 0 radical (unpaired) electrons. The van der Waals surface area contributed by atoms with Crippen LogP contribution in [0.3, 0.4) is 0 Å². The Hall–Kier alpha value is -1.32. The van der Waals surface area contributed by atoms with Crippen LogP contribution in [0.4, 0.5) is 0 Å². The van der Waals surface area contributed by atoms with E-state index in [1.165, 1.54) is 24.5 Å². The molecular weight excluding hydrogens is 258 g/mol. The molecule has 0 fully saturated rings. The maximum Gasteiger partial charge on any atom is 0.349 e. The SMILES string of the molecule is CCOC(=O)c1cnc(C#CCSC(C)=O)s1. The highest BCUT2D eigenvalue weighted by Crippen LogP contribution is 2.13. The van der Waals surface area contributed by atoms with Crippen LogP contribution in [0.2, 0.25) is 0 Å². The van der Waals surface area contributed by atoms with Crippen LogP contribution in [0.25, 0.3) is 0 Å². The number of rotatable bonds is 3. The zero-order valence-electron chi connectivity index (χ0n) is 9.48. The van der Waals surface area contributed by atoms with E-state index in [2.05, 4.69) is 16.8 Å². The average molecular weight is 269 g/mol. The Balaban J connectivity index is 2.56. The fourth-order valence-electron chi connectivity index (χ4n) is 0.878. The number of thiazole rings is 1. The summed E-state index contributed by atoms with van der Waals surface area (Å²) in [5.74, 6) is 5.65. The molecule has 0 atom stereocenters. The Kier molecular flexibility index (Phi) is 5.73. The molecule has 1 aromatic rings. The maximum atomic E-state index is 11.3. The number of carbonyl (C=O) groups is 2. The van der Waals surface area contributed by atoms with Crippen LogP contribution in [0.1, 0.15) is 28.5 Å². The van der Waals surface area contributed by atoms with Gasteiger partial charge in [-0.2, -0.15) is 0 Å². The van der Waals surface area contributed by atoms with Gasteiger partial charge in [0.05, 0.1) is 18.6 Å². The molecule has 0 saturated carbocycles. The Labute approximate surface area is 108 Å². The van der Waals surface area contributed by atoms with Crippen molar-refractivity contribution in [2.45, 2.75) is 13.8 Å². The Morgan fingerprint density at radius 3 is 3.00 bits per heavy atom. The van der Waals surface area contributed by atoms with Crippen LogP contribution in [0.15, 0.2) is 6.20 Å². The molecule has 0 saturated heterocycles. The summed E-state index contributed by atoms with van der Waals surface area (Å²) in [7, 11) is 0. The van der Waals surface area contributed by atoms with Crippen molar-refractivity contribution in [3.05, 3.63) is 16.1 Å². The molecule has 17 heavy (non-hydrogen) atoms. The van der Waals surface area contributed by atoms with Crippen molar-refractivity contribution in [1.29, 1.82) is 0 Å². The van der Waals surface area contributed by atoms with E-state index in [0.717, 1.165) is 11.8 Å². The minimum atomic E-state index is -0.379. The van der Waals surface area contributed by atoms with Gasteiger partial charge in [-0.1, -0.05) is 29.0 Å². The Morgan fingerprint density at radius 1 is 1.59 bits per heavy atom. The number of aromatic nitrogens is 1. The van der Waals surface area contributed by atoms with Gasteiger partial charge in [-0.3, -0.25) is 4.79 Å². The van der Waals surface area contributed by atoms with Crippen molar-refractivity contribution in [2.75, 3.05) is 12.4 Å². The first-order valence-corrected chi connectivity index (χ1v) is 6.69. The van der Waals surface area contributed by atoms with Crippen LogP contribution in [0.5, 0.6) is 0 Å². The molecule has 0 aliphatic heterocycles. The lowest BCUT2D eigenvalue weighted by Gasteiger charge is -1.95. The maximum absolute atomic E-state index is 11.3. The van der Waals surface area contributed by atoms with E-state index in [1.54, 1.807) is 6.92 Å². The summed E-state index contributed by atoms with van der Waals surface area (Å²) in [5, 5.41) is 0.586. The van der Waals surface area contributed by atoms with E-state index in [9.17, 15) is 9.59 Å². The molecule has 1 heterocycles. The molecule has 0 aliphatic rings. The van der Waals surface area contributed by atoms with Gasteiger partial charge in [0.1, 0.15) is 4.88 Å². The summed E-state index contributed by atoms with van der Waals surface area (Å²) in [5.41, 5.74) is 0. The predicted octanol–water partition coefficient (Wildman–Crippen LogP) is 1.95. The van der Waals surface area contributed by atoms with E-state index in [4.69, 9.17) is 4.74 Å². The summed E-state index contributed by atoms with van der Waals surface area (Å²) >= 11 is 2.33. The molecule has 0 amide bonds. The van der Waals surface area contributed by atoms with Gasteiger partial charge in [0, 0.05) is 6.92 Å². The molecule has 1 rings (SSSR count). The van der Waals surface area contributed by atoms with Crippen LogP contribution in [0, 0.1) is 11.8 Å². The van der Waals surface area contributed by atoms with E-state index in [-0.39, 0.29) is 11.1 Å². The number of hydrogen-bond acceptors (Lipinski definition) is 6. The number of ether oxygens (including phenoxy) is 1. The minimum absolute atomic E-state index is 0.0330. The van der Waals surface area contributed by atoms with Gasteiger partial charge in [0.15, 0.2) is 10.1 Å². The van der Waals surface area contributed by atoms with Crippen molar-refractivity contribution in [3.8, 4) is 11.8 Å². The minimum Gasteiger partial charge on any atom is -0.462 e. The molecular formula is C11H11NO3S2. The van der Waals surface area contributed by atoms with Gasteiger partial charge in [0.25, 0.3) is 0 Å². The molecule has 4 nitrogen and oxygen atoms in total. The quantitative estimate of drug-likeness (QED) is 0.620. The van der Waals surface area contributed by atoms with E-state index in [1.807, 2.05) is 0 Å². The topological polar surface area (TPSA) is 56.3 Å². The van der Waals surface area contributed by atoms with Gasteiger partial charge >= 0.3 is 5.97 Å². The van der Waals surface area contributed by atoms with Crippen molar-refractivity contribution >= 4 is 34.2 Å². The molecule has 6 heteroatoms. The monoisotopic (exact) mass is 269 g/mol. The zero-order chi connectivity index (χ0) is 12.7. The standard InChI is InChI=1S/C11H11NO3S2/c1-3-15-11(14)9-7-12-10(17-9)5-4-6-16-8(2)13/h7H,3,6H2,1-2H3. The highest BCUT2D eigenvalue weighted by atomic mass is 32.2. The van der Waals surface area contributed by atoms with Crippen molar-refractivity contribution in [1.82, 2.24) is 4.98 Å². The summed E-state index contributed by atoms with van der Waals surface area (Å²) in [6.45, 7) is 3.58. The molecule has 0 aromatic carbocycles. The van der Waals surface area contributed by atoms with Crippen molar-refractivity contribution in [3.63, 3.8) is 0 Å². The van der Waals surface area contributed by atoms with Crippen LogP contribution in [-0.4, -0.2) is 28.4 Å². The fourth-order valence-corrected chi connectivity index (χ4v) is 1.91. The Morgan fingerprint density at radius 2 is 2.35 bits per heavy atom. The Bertz CT molecular complexity index is 471. The summed E-state index contributed by atoms with van der Waals surface area (Å²) in [4.78, 5) is 26.4. The van der Waals surface area contributed by atoms with Crippen molar-refractivity contribution in [2.24, 2.45) is 0 Å². The number of thioether (sulfide) groups is 1. The van der Waals surface area contributed by atoms with Gasteiger partial charge < -0.3 is 4.74 Å². The fraction of sp³-hybridized carbons (Fsp3) is 0.364. The highest BCUT2D eigenvalue weighted by molar-refractivity contribution is 8.13. The number of esters is 1. The first kappa shape index (κ1) is 13.7. The van der Waals surface area contributed by atoms with E-state index < -0.39 is 0 Å². The first-order chi connectivity index (χ1) is 8.13. The molecule has 1 aromatic heterocycles. The number of carbonyl (C=O) groups excluding carboxylic acids is 2. The van der Waals surface area contributed by atoms with E-state index in [0.29, 0.717) is 22.2 Å². The second-order valence-corrected chi connectivity index (χ2v) is 5.02. The van der Waals surface area contributed by atoms with Gasteiger partial charge in [-0.25, -0.2) is 9.78 Å². The molecule has 0 spiro atoms. The molecule has 0 bridgehead atoms. The van der Waals surface area contributed by atoms with Crippen LogP contribution >= 0.6 is 23.1 Å². The lowest BCUT2D eigenvalue weighted by molar-refractivity contribution is -0.109. The molecule has 90 valence electrons. The molecule has 0 aliphatic carbocycles. The van der Waals surface area contributed by atoms with Gasteiger partial charge in [-0.15, -0.1) is 0 Å². The number of hydrogen-bond donors (Lipinski definition) is 0. The lowest BCUT2D eigenvalue weighted by atomic mass is 10.5. The molecule has 0 N–H and O–H groups in total. The normalized spacial score (nSPS) is 9.29. The average Bonchev–Trinajstić information content (AvgIpc) is 2.73. The van der Waals surface area contributed by atoms with Crippen LogP contribution < -0.4 is 0 Å². The smallest absolute Gasteiger partial charge is 0.349 e.